The highest BCUT2D eigenvalue weighted by Gasteiger charge is 2.09. The van der Waals surface area contributed by atoms with E-state index in [0.717, 1.165) is 20.1 Å². The zero-order valence-electron chi connectivity index (χ0n) is 9.13. The summed E-state index contributed by atoms with van der Waals surface area (Å²) in [6.45, 7) is 0. The lowest BCUT2D eigenvalue weighted by Crippen LogP contribution is -1.95. The third kappa shape index (κ3) is 2.16. The molecule has 0 atom stereocenters. The standard InChI is InChI=1S/C12H8FN3S2/c13-7-1-3-8(4-2-7)18-11-9-5-6-17-10(9)15-12(14)16-11/h1-6H,(H2,14,15,16). The maximum absolute atomic E-state index is 12.8. The Bertz CT molecular complexity index is 694. The van der Waals surface area contributed by atoms with Crippen LogP contribution in [0.4, 0.5) is 10.3 Å². The molecule has 0 radical (unpaired) electrons. The molecular weight excluding hydrogens is 269 g/mol. The first-order chi connectivity index (χ1) is 8.72. The quantitative estimate of drug-likeness (QED) is 0.728. The van der Waals surface area contributed by atoms with Crippen molar-refractivity contribution in [2.75, 3.05) is 5.73 Å². The van der Waals surface area contributed by atoms with E-state index in [9.17, 15) is 4.39 Å². The van der Waals surface area contributed by atoms with Crippen LogP contribution < -0.4 is 5.73 Å². The summed E-state index contributed by atoms with van der Waals surface area (Å²) < 4.78 is 12.8. The maximum atomic E-state index is 12.8. The molecule has 18 heavy (non-hydrogen) atoms. The molecule has 2 heterocycles. The number of rotatable bonds is 2. The first kappa shape index (κ1) is 11.4. The van der Waals surface area contributed by atoms with Gasteiger partial charge in [0.25, 0.3) is 0 Å². The number of aromatic nitrogens is 2. The van der Waals surface area contributed by atoms with Crippen molar-refractivity contribution in [1.29, 1.82) is 0 Å². The van der Waals surface area contributed by atoms with E-state index >= 15 is 0 Å². The summed E-state index contributed by atoms with van der Waals surface area (Å²) in [4.78, 5) is 10.2. The van der Waals surface area contributed by atoms with Gasteiger partial charge in [0.15, 0.2) is 0 Å². The van der Waals surface area contributed by atoms with Gasteiger partial charge < -0.3 is 5.73 Å². The third-order valence-corrected chi connectivity index (χ3v) is 4.15. The molecule has 6 heteroatoms. The summed E-state index contributed by atoms with van der Waals surface area (Å²) in [6.07, 6.45) is 0. The molecule has 3 aromatic rings. The molecule has 3 rings (SSSR count). The topological polar surface area (TPSA) is 51.8 Å². The Morgan fingerprint density at radius 3 is 2.67 bits per heavy atom. The van der Waals surface area contributed by atoms with Crippen molar-refractivity contribution in [3.8, 4) is 0 Å². The van der Waals surface area contributed by atoms with Gasteiger partial charge in [0.2, 0.25) is 5.95 Å². The molecule has 0 amide bonds. The number of thiophene rings is 1. The van der Waals surface area contributed by atoms with E-state index in [-0.39, 0.29) is 11.8 Å². The van der Waals surface area contributed by atoms with Crippen molar-refractivity contribution < 1.29 is 4.39 Å². The lowest BCUT2D eigenvalue weighted by molar-refractivity contribution is 0.626. The van der Waals surface area contributed by atoms with Crippen molar-refractivity contribution >= 4 is 39.3 Å². The minimum absolute atomic E-state index is 0.248. The van der Waals surface area contributed by atoms with Crippen LogP contribution in [0.2, 0.25) is 0 Å². The van der Waals surface area contributed by atoms with Crippen molar-refractivity contribution in [3.05, 3.63) is 41.5 Å². The van der Waals surface area contributed by atoms with Crippen molar-refractivity contribution in [1.82, 2.24) is 9.97 Å². The zero-order valence-corrected chi connectivity index (χ0v) is 10.8. The minimum atomic E-state index is -0.248. The molecule has 0 unspecified atom stereocenters. The van der Waals surface area contributed by atoms with Crippen LogP contribution >= 0.6 is 23.1 Å². The highest BCUT2D eigenvalue weighted by atomic mass is 32.2. The van der Waals surface area contributed by atoms with E-state index < -0.39 is 0 Å². The fourth-order valence-electron chi connectivity index (χ4n) is 1.54. The van der Waals surface area contributed by atoms with Crippen LogP contribution in [0, 0.1) is 5.82 Å². The first-order valence-electron chi connectivity index (χ1n) is 5.16. The predicted molar refractivity (Wildman–Crippen MR) is 72.4 cm³/mol. The number of hydrogen-bond acceptors (Lipinski definition) is 5. The number of fused-ring (bicyclic) bond motifs is 1. The molecular formula is C12H8FN3S2. The lowest BCUT2D eigenvalue weighted by Gasteiger charge is -2.03. The van der Waals surface area contributed by atoms with Crippen molar-refractivity contribution in [2.45, 2.75) is 9.92 Å². The van der Waals surface area contributed by atoms with Gasteiger partial charge in [0.1, 0.15) is 15.7 Å². The number of nitrogens with zero attached hydrogens (tertiary/aromatic N) is 2. The highest BCUT2D eigenvalue weighted by molar-refractivity contribution is 7.99. The summed E-state index contributed by atoms with van der Waals surface area (Å²) >= 11 is 2.98. The molecule has 3 nitrogen and oxygen atoms in total. The van der Waals surface area contributed by atoms with Gasteiger partial charge in [0.05, 0.1) is 0 Å². The van der Waals surface area contributed by atoms with Gasteiger partial charge >= 0.3 is 0 Å². The normalized spacial score (nSPS) is 10.9. The smallest absolute Gasteiger partial charge is 0.222 e. The number of nitrogen functional groups attached to an aromatic ring is 1. The fourth-order valence-corrected chi connectivity index (χ4v) is 3.28. The van der Waals surface area contributed by atoms with Gasteiger partial charge in [-0.25, -0.2) is 14.4 Å². The van der Waals surface area contributed by atoms with Crippen LogP contribution in [0.5, 0.6) is 0 Å². The Morgan fingerprint density at radius 2 is 1.89 bits per heavy atom. The Kier molecular flexibility index (Phi) is 2.89. The van der Waals surface area contributed by atoms with E-state index in [1.165, 1.54) is 35.2 Å². The fraction of sp³-hybridized carbons (Fsp3) is 0. The second kappa shape index (κ2) is 4.55. The van der Waals surface area contributed by atoms with Crippen LogP contribution in [0.25, 0.3) is 10.2 Å². The first-order valence-corrected chi connectivity index (χ1v) is 6.86. The zero-order chi connectivity index (χ0) is 12.5. The summed E-state index contributed by atoms with van der Waals surface area (Å²) in [5.41, 5.74) is 5.67. The largest absolute Gasteiger partial charge is 0.368 e. The maximum Gasteiger partial charge on any atom is 0.222 e. The number of halogens is 1. The Morgan fingerprint density at radius 1 is 1.11 bits per heavy atom. The molecule has 0 fully saturated rings. The molecule has 90 valence electrons. The number of anilines is 1. The summed E-state index contributed by atoms with van der Waals surface area (Å²) in [7, 11) is 0. The summed E-state index contributed by atoms with van der Waals surface area (Å²) in [5.74, 6) is 0.0109. The van der Waals surface area contributed by atoms with Gasteiger partial charge in [0, 0.05) is 10.3 Å². The second-order valence-corrected chi connectivity index (χ2v) is 5.54. The number of hydrogen-bond donors (Lipinski definition) is 1. The van der Waals surface area contributed by atoms with E-state index in [1.54, 1.807) is 12.1 Å². The molecule has 2 N–H and O–H groups in total. The summed E-state index contributed by atoms with van der Waals surface area (Å²) in [5, 5.41) is 3.72. The Hall–Kier alpha value is -1.66. The summed E-state index contributed by atoms with van der Waals surface area (Å²) in [6, 6.07) is 8.26. The van der Waals surface area contributed by atoms with Crippen LogP contribution in [-0.4, -0.2) is 9.97 Å². The number of nitrogens with two attached hydrogens (primary N) is 1. The Labute approximate surface area is 111 Å². The molecule has 0 spiro atoms. The van der Waals surface area contributed by atoms with E-state index in [4.69, 9.17) is 5.73 Å². The van der Waals surface area contributed by atoms with E-state index in [1.807, 2.05) is 11.4 Å². The SMILES string of the molecule is Nc1nc(Sc2ccc(F)cc2)c2ccsc2n1. The average Bonchev–Trinajstić information content (AvgIpc) is 2.80. The molecule has 0 aliphatic heterocycles. The van der Waals surface area contributed by atoms with Crippen molar-refractivity contribution in [3.63, 3.8) is 0 Å². The molecule has 0 aliphatic rings. The van der Waals surface area contributed by atoms with E-state index in [2.05, 4.69) is 9.97 Å². The van der Waals surface area contributed by atoms with Crippen LogP contribution in [0.15, 0.2) is 45.6 Å². The molecule has 0 saturated heterocycles. The van der Waals surface area contributed by atoms with Gasteiger partial charge in [-0.3, -0.25) is 0 Å². The predicted octanol–water partition coefficient (Wildman–Crippen LogP) is 3.56. The average molecular weight is 277 g/mol. The van der Waals surface area contributed by atoms with Gasteiger partial charge in [-0.1, -0.05) is 11.8 Å². The van der Waals surface area contributed by atoms with Crippen LogP contribution in [-0.2, 0) is 0 Å². The number of benzene rings is 1. The second-order valence-electron chi connectivity index (χ2n) is 3.58. The third-order valence-electron chi connectivity index (χ3n) is 2.34. The molecule has 0 saturated carbocycles. The van der Waals surface area contributed by atoms with Gasteiger partial charge in [-0.2, -0.15) is 0 Å². The van der Waals surface area contributed by atoms with Gasteiger partial charge in [-0.05, 0) is 35.7 Å². The monoisotopic (exact) mass is 277 g/mol. The highest BCUT2D eigenvalue weighted by Crippen LogP contribution is 2.33. The lowest BCUT2D eigenvalue weighted by atomic mass is 10.4. The Balaban J connectivity index is 2.03. The molecule has 1 aromatic carbocycles. The molecule has 2 aromatic heterocycles. The molecule has 0 bridgehead atoms. The van der Waals surface area contributed by atoms with Crippen molar-refractivity contribution in [2.24, 2.45) is 0 Å². The minimum Gasteiger partial charge on any atom is -0.368 e. The van der Waals surface area contributed by atoms with Gasteiger partial charge in [-0.15, -0.1) is 11.3 Å². The van der Waals surface area contributed by atoms with Crippen LogP contribution in [0.1, 0.15) is 0 Å². The van der Waals surface area contributed by atoms with Crippen LogP contribution in [0.3, 0.4) is 0 Å². The van der Waals surface area contributed by atoms with E-state index in [0.29, 0.717) is 0 Å². The molecule has 0 aliphatic carbocycles.